The van der Waals surface area contributed by atoms with Gasteiger partial charge in [-0.1, -0.05) is 57.4 Å². The molecule has 2 aromatic rings. The molecule has 0 aromatic heterocycles. The first kappa shape index (κ1) is 37.0. The second kappa shape index (κ2) is 18.1. The van der Waals surface area contributed by atoms with Crippen LogP contribution in [0.3, 0.4) is 0 Å². The molecule has 1 saturated heterocycles. The monoisotopic (exact) mass is 700 g/mol. The van der Waals surface area contributed by atoms with Crippen LogP contribution in [0.4, 0.5) is 10.1 Å². The maximum Gasteiger partial charge on any atom is 0.261 e. The fourth-order valence-corrected chi connectivity index (χ4v) is 8.09. The third-order valence-electron chi connectivity index (χ3n) is 10.1. The van der Waals surface area contributed by atoms with Gasteiger partial charge in [0, 0.05) is 62.5 Å². The summed E-state index contributed by atoms with van der Waals surface area (Å²) in [6.45, 7) is 16.3. The Bertz CT molecular complexity index is 1400. The predicted molar refractivity (Wildman–Crippen MR) is 197 cm³/mol. The highest BCUT2D eigenvalue weighted by Gasteiger charge is 2.30. The molecule has 2 N–H and O–H groups in total. The number of hydrogen-bond acceptors (Lipinski definition) is 7. The molecule has 0 radical (unpaired) electrons. The Morgan fingerprint density at radius 2 is 1.94 bits per heavy atom. The normalized spacial score (nSPS) is 25.8. The minimum atomic E-state index is -0.328. The lowest BCUT2D eigenvalue weighted by atomic mass is 9.89. The lowest BCUT2D eigenvalue weighted by Crippen LogP contribution is -2.45. The fraction of sp³-hybridized carbons (Fsp3) is 0.605. The van der Waals surface area contributed by atoms with Gasteiger partial charge in [-0.05, 0) is 91.4 Å². The molecule has 10 heteroatoms. The number of fused-ring (bicyclic) bond motifs is 1. The van der Waals surface area contributed by atoms with E-state index in [4.69, 9.17) is 21.1 Å². The first-order valence-electron chi connectivity index (χ1n) is 17.9. The van der Waals surface area contributed by atoms with Gasteiger partial charge in [-0.15, -0.1) is 0 Å². The van der Waals surface area contributed by atoms with Gasteiger partial charge < -0.3 is 19.7 Å². The van der Waals surface area contributed by atoms with Gasteiger partial charge in [-0.25, -0.2) is 4.39 Å². The number of ether oxygens (including phenoxy) is 2. The summed E-state index contributed by atoms with van der Waals surface area (Å²) in [6.07, 6.45) is 7.60. The van der Waals surface area contributed by atoms with Crippen LogP contribution in [0.15, 0.2) is 42.0 Å². The molecule has 264 valence electrons. The van der Waals surface area contributed by atoms with Crippen molar-refractivity contribution in [2.45, 2.75) is 83.5 Å². The van der Waals surface area contributed by atoms with E-state index >= 15 is 4.39 Å². The van der Waals surface area contributed by atoms with E-state index in [1.807, 2.05) is 24.3 Å². The molecule has 0 saturated carbocycles. The van der Waals surface area contributed by atoms with Crippen molar-refractivity contribution in [2.24, 2.45) is 5.92 Å². The highest BCUT2D eigenvalue weighted by molar-refractivity contribution is 7.98. The largest absolute Gasteiger partial charge is 0.491 e. The van der Waals surface area contributed by atoms with E-state index in [9.17, 15) is 4.79 Å². The van der Waals surface area contributed by atoms with Gasteiger partial charge in [-0.3, -0.25) is 14.4 Å². The van der Waals surface area contributed by atoms with Gasteiger partial charge in [0.2, 0.25) is 0 Å². The van der Waals surface area contributed by atoms with E-state index < -0.39 is 0 Å². The van der Waals surface area contributed by atoms with Crippen molar-refractivity contribution in [2.75, 3.05) is 63.9 Å². The molecule has 7 nitrogen and oxygen atoms in total. The number of carbonyl (C=O) groups is 1. The van der Waals surface area contributed by atoms with Crippen LogP contribution < -0.4 is 19.7 Å². The van der Waals surface area contributed by atoms with E-state index in [1.165, 1.54) is 17.5 Å². The third-order valence-corrected chi connectivity index (χ3v) is 11.3. The van der Waals surface area contributed by atoms with Gasteiger partial charge in [0.25, 0.3) is 5.91 Å². The zero-order chi connectivity index (χ0) is 34.0. The molecule has 1 amide bonds. The standard InChI is InChI=1S/C38H54ClFN4O3S/c1-5-8-32-31(12-13-33(39)36(32)40)30-24-44-18-15-28(6-2)37(46-22-21-43-19-16-41-17-20-43)26(3)9-7-10-27(4)48-42-38(45)29-11-14-35(47-25-30)34(44)23-29/h9,11-14,23,27-28,30,37,41H,5-8,10,15-22,24-25H2,1-4H3,(H,42,45)/b26-9+. The van der Waals surface area contributed by atoms with Crippen LogP contribution in [0.2, 0.25) is 5.02 Å². The van der Waals surface area contributed by atoms with E-state index in [-0.39, 0.29) is 34.0 Å². The van der Waals surface area contributed by atoms with E-state index in [0.29, 0.717) is 43.2 Å². The van der Waals surface area contributed by atoms with Crippen molar-refractivity contribution >= 4 is 35.1 Å². The summed E-state index contributed by atoms with van der Waals surface area (Å²) in [7, 11) is 0. The van der Waals surface area contributed by atoms with Crippen LogP contribution in [0.1, 0.15) is 87.2 Å². The summed E-state index contributed by atoms with van der Waals surface area (Å²) in [5.41, 5.74) is 4.42. The first-order chi connectivity index (χ1) is 23.3. The van der Waals surface area contributed by atoms with Crippen molar-refractivity contribution in [3.63, 3.8) is 0 Å². The summed E-state index contributed by atoms with van der Waals surface area (Å²) in [6, 6.07) is 9.36. The van der Waals surface area contributed by atoms with Gasteiger partial charge in [0.1, 0.15) is 11.6 Å². The van der Waals surface area contributed by atoms with Gasteiger partial charge in [0.15, 0.2) is 0 Å². The predicted octanol–water partition coefficient (Wildman–Crippen LogP) is 7.63. The molecule has 2 aromatic carbocycles. The number of nitrogens with one attached hydrogen (secondary N) is 2. The Morgan fingerprint density at radius 3 is 2.71 bits per heavy atom. The molecular formula is C38H54ClFN4O3S. The maximum atomic E-state index is 15.4. The molecule has 48 heavy (non-hydrogen) atoms. The summed E-state index contributed by atoms with van der Waals surface area (Å²) in [5, 5.41) is 3.86. The summed E-state index contributed by atoms with van der Waals surface area (Å²) < 4.78 is 31.7. The van der Waals surface area contributed by atoms with Crippen molar-refractivity contribution in [3.8, 4) is 5.75 Å². The zero-order valence-electron chi connectivity index (χ0n) is 29.2. The summed E-state index contributed by atoms with van der Waals surface area (Å²) >= 11 is 7.74. The summed E-state index contributed by atoms with van der Waals surface area (Å²) in [5.74, 6) is 0.549. The number of amides is 1. The number of nitrogens with zero attached hydrogens (tertiary/aromatic N) is 2. The quantitative estimate of drug-likeness (QED) is 0.217. The maximum absolute atomic E-state index is 15.4. The number of carbonyl (C=O) groups excluding carboxylic acids is 1. The molecule has 1 fully saturated rings. The Balaban J connectivity index is 1.46. The molecule has 3 heterocycles. The van der Waals surface area contributed by atoms with E-state index in [2.05, 4.69) is 53.6 Å². The molecule has 0 spiro atoms. The fourth-order valence-electron chi connectivity index (χ4n) is 7.24. The lowest BCUT2D eigenvalue weighted by Gasteiger charge is -2.33. The van der Waals surface area contributed by atoms with Crippen LogP contribution in [0.5, 0.6) is 5.75 Å². The molecule has 2 bridgehead atoms. The Morgan fingerprint density at radius 1 is 1.12 bits per heavy atom. The van der Waals surface area contributed by atoms with E-state index in [0.717, 1.165) is 88.4 Å². The molecule has 4 unspecified atom stereocenters. The third kappa shape index (κ3) is 9.48. The van der Waals surface area contributed by atoms with Crippen LogP contribution in [0.25, 0.3) is 0 Å². The number of allylic oxidation sites excluding steroid dienone is 1. The van der Waals surface area contributed by atoms with E-state index in [1.54, 1.807) is 6.07 Å². The SMILES string of the molecule is CCCc1c(C2COc3ccc4cc3N(CCC(CC)C(OCCN3CCNCC3)/C(C)=C/CCC(C)SNC4=O)C2)ccc(Cl)c1F. The number of benzene rings is 2. The highest BCUT2D eigenvalue weighted by Crippen LogP contribution is 2.39. The van der Waals surface area contributed by atoms with Crippen molar-refractivity contribution < 1.29 is 18.7 Å². The molecule has 4 atom stereocenters. The minimum Gasteiger partial charge on any atom is -0.491 e. The average molecular weight is 701 g/mol. The van der Waals surface area contributed by atoms with Crippen molar-refractivity contribution in [1.82, 2.24) is 14.9 Å². The van der Waals surface area contributed by atoms with Crippen molar-refractivity contribution in [1.29, 1.82) is 0 Å². The molecular weight excluding hydrogens is 647 g/mol. The summed E-state index contributed by atoms with van der Waals surface area (Å²) in [4.78, 5) is 18.2. The number of piperazine rings is 1. The van der Waals surface area contributed by atoms with Gasteiger partial charge >= 0.3 is 0 Å². The second-order valence-electron chi connectivity index (χ2n) is 13.5. The molecule has 0 aliphatic carbocycles. The van der Waals surface area contributed by atoms with Crippen LogP contribution in [0, 0.1) is 11.7 Å². The van der Waals surface area contributed by atoms with Gasteiger partial charge in [0.05, 0.1) is 30.0 Å². The molecule has 3 aliphatic heterocycles. The minimum absolute atomic E-state index is 0.0276. The Kier molecular flexibility index (Phi) is 13.9. The molecule has 5 rings (SSSR count). The van der Waals surface area contributed by atoms with Crippen LogP contribution in [-0.2, 0) is 11.2 Å². The number of rotatable bonds is 8. The van der Waals surface area contributed by atoms with Crippen molar-refractivity contribution in [3.05, 3.63) is 69.5 Å². The second-order valence-corrected chi connectivity index (χ2v) is 15.2. The number of anilines is 1. The smallest absolute Gasteiger partial charge is 0.261 e. The number of halogens is 2. The Labute approximate surface area is 296 Å². The first-order valence-corrected chi connectivity index (χ1v) is 19.2. The van der Waals surface area contributed by atoms with Crippen LogP contribution in [-0.4, -0.2) is 81.2 Å². The lowest BCUT2D eigenvalue weighted by molar-refractivity contribution is 0.0189. The van der Waals surface area contributed by atoms with Gasteiger partial charge in [-0.2, -0.15) is 0 Å². The highest BCUT2D eigenvalue weighted by atomic mass is 35.5. The average Bonchev–Trinajstić information content (AvgIpc) is 3.28. The Hall–Kier alpha value is -2.30. The molecule has 3 aliphatic rings. The number of hydrogen-bond donors (Lipinski definition) is 2. The van der Waals surface area contributed by atoms with Crippen LogP contribution >= 0.6 is 23.5 Å². The zero-order valence-corrected chi connectivity index (χ0v) is 30.7. The topological polar surface area (TPSA) is 66.1 Å².